The van der Waals surface area contributed by atoms with Crippen LogP contribution in [-0.4, -0.2) is 17.0 Å². The Balaban J connectivity index is 2.97. The number of rotatable bonds is 5. The molecule has 1 unspecified atom stereocenters. The summed E-state index contributed by atoms with van der Waals surface area (Å²) in [5.41, 5.74) is -0.712. The minimum Gasteiger partial charge on any atom is -0.478 e. The van der Waals surface area contributed by atoms with Crippen molar-refractivity contribution in [1.29, 1.82) is 0 Å². The summed E-state index contributed by atoms with van der Waals surface area (Å²) in [6.45, 7) is 3.78. The van der Waals surface area contributed by atoms with Crippen molar-refractivity contribution in [2.45, 2.75) is 26.7 Å². The number of anilines is 1. The molecular formula is C13H15F2NO3. The van der Waals surface area contributed by atoms with Gasteiger partial charge in [0.05, 0.1) is 11.3 Å². The predicted octanol–water partition coefficient (Wildman–Crippen LogP) is 3.04. The number of nitrogens with one attached hydrogen (secondary N) is 1. The Bertz CT molecular complexity index is 503. The Labute approximate surface area is 109 Å². The molecule has 0 saturated heterocycles. The highest BCUT2D eigenvalue weighted by atomic mass is 19.2. The van der Waals surface area contributed by atoms with E-state index in [-0.39, 0.29) is 18.0 Å². The number of carboxylic acid groups (broad SMARTS) is 1. The summed E-state index contributed by atoms with van der Waals surface area (Å²) in [5.74, 6) is -4.21. The van der Waals surface area contributed by atoms with Crippen molar-refractivity contribution in [3.05, 3.63) is 29.3 Å². The molecule has 0 bridgehead atoms. The molecule has 0 spiro atoms. The number of hydrogen-bond acceptors (Lipinski definition) is 2. The van der Waals surface area contributed by atoms with Crippen LogP contribution in [0.2, 0.25) is 0 Å². The molecular weight excluding hydrogens is 256 g/mol. The summed E-state index contributed by atoms with van der Waals surface area (Å²) in [4.78, 5) is 22.5. The average molecular weight is 271 g/mol. The first-order valence-electron chi connectivity index (χ1n) is 5.87. The van der Waals surface area contributed by atoms with Gasteiger partial charge in [0.15, 0.2) is 11.6 Å². The molecule has 6 heteroatoms. The van der Waals surface area contributed by atoms with Crippen molar-refractivity contribution in [2.75, 3.05) is 5.32 Å². The molecule has 0 fully saturated rings. The molecule has 0 aliphatic rings. The fraction of sp³-hybridized carbons (Fsp3) is 0.385. The standard InChI is InChI=1S/C13H15F2NO3/c1-3-7(2)4-12(17)16-11-6-10(15)9(14)5-8(11)13(18)19/h5-7H,3-4H2,1-2H3,(H,16,17)(H,18,19). The zero-order valence-corrected chi connectivity index (χ0v) is 10.7. The monoisotopic (exact) mass is 271 g/mol. The molecule has 1 aromatic rings. The molecule has 1 aromatic carbocycles. The van der Waals surface area contributed by atoms with Crippen LogP contribution in [0.15, 0.2) is 12.1 Å². The third-order valence-corrected chi connectivity index (χ3v) is 2.80. The number of carbonyl (C=O) groups is 2. The first-order valence-corrected chi connectivity index (χ1v) is 5.87. The number of benzene rings is 1. The number of aromatic carboxylic acids is 1. The molecule has 0 saturated carbocycles. The number of amides is 1. The maximum Gasteiger partial charge on any atom is 0.337 e. The topological polar surface area (TPSA) is 66.4 Å². The van der Waals surface area contributed by atoms with Gasteiger partial charge in [0.1, 0.15) is 0 Å². The lowest BCUT2D eigenvalue weighted by molar-refractivity contribution is -0.117. The third-order valence-electron chi connectivity index (χ3n) is 2.80. The zero-order valence-electron chi connectivity index (χ0n) is 10.7. The van der Waals surface area contributed by atoms with Gasteiger partial charge >= 0.3 is 5.97 Å². The smallest absolute Gasteiger partial charge is 0.337 e. The van der Waals surface area contributed by atoms with Gasteiger partial charge in [0.2, 0.25) is 5.91 Å². The lowest BCUT2D eigenvalue weighted by atomic mass is 10.0. The van der Waals surface area contributed by atoms with Crippen molar-refractivity contribution >= 4 is 17.6 Å². The van der Waals surface area contributed by atoms with Crippen LogP contribution in [0.3, 0.4) is 0 Å². The van der Waals surface area contributed by atoms with E-state index in [1.54, 1.807) is 0 Å². The molecule has 0 aromatic heterocycles. The number of hydrogen-bond donors (Lipinski definition) is 2. The van der Waals surface area contributed by atoms with E-state index in [1.165, 1.54) is 0 Å². The van der Waals surface area contributed by atoms with E-state index in [1.807, 2.05) is 13.8 Å². The van der Waals surface area contributed by atoms with Gasteiger partial charge in [-0.15, -0.1) is 0 Å². The molecule has 19 heavy (non-hydrogen) atoms. The SMILES string of the molecule is CCC(C)CC(=O)Nc1cc(F)c(F)cc1C(=O)O. The highest BCUT2D eigenvalue weighted by Crippen LogP contribution is 2.21. The van der Waals surface area contributed by atoms with Crippen LogP contribution in [0.25, 0.3) is 0 Å². The molecule has 4 nitrogen and oxygen atoms in total. The Morgan fingerprint density at radius 3 is 2.42 bits per heavy atom. The second-order valence-corrected chi connectivity index (χ2v) is 4.38. The van der Waals surface area contributed by atoms with E-state index in [9.17, 15) is 18.4 Å². The molecule has 0 aliphatic carbocycles. The lowest BCUT2D eigenvalue weighted by Gasteiger charge is -2.11. The Hall–Kier alpha value is -1.98. The van der Waals surface area contributed by atoms with Gasteiger partial charge in [0, 0.05) is 12.5 Å². The van der Waals surface area contributed by atoms with Crippen molar-refractivity contribution in [2.24, 2.45) is 5.92 Å². The van der Waals surface area contributed by atoms with E-state index in [4.69, 9.17) is 5.11 Å². The maximum absolute atomic E-state index is 13.1. The first kappa shape index (κ1) is 15.1. The van der Waals surface area contributed by atoms with E-state index >= 15 is 0 Å². The second kappa shape index (κ2) is 6.26. The fourth-order valence-electron chi connectivity index (χ4n) is 1.49. The maximum atomic E-state index is 13.1. The summed E-state index contributed by atoms with van der Waals surface area (Å²) >= 11 is 0. The van der Waals surface area contributed by atoms with Crippen molar-refractivity contribution in [1.82, 2.24) is 0 Å². The van der Waals surface area contributed by atoms with Crippen LogP contribution in [-0.2, 0) is 4.79 Å². The largest absolute Gasteiger partial charge is 0.478 e. The molecule has 0 aliphatic heterocycles. The van der Waals surface area contributed by atoms with Gasteiger partial charge in [-0.1, -0.05) is 20.3 Å². The normalized spacial score (nSPS) is 12.0. The average Bonchev–Trinajstić information content (AvgIpc) is 2.32. The van der Waals surface area contributed by atoms with E-state index < -0.39 is 29.1 Å². The Morgan fingerprint density at radius 2 is 1.89 bits per heavy atom. The summed E-state index contributed by atoms with van der Waals surface area (Å²) in [7, 11) is 0. The Kier molecular flexibility index (Phi) is 4.97. The van der Waals surface area contributed by atoms with E-state index in [2.05, 4.69) is 5.32 Å². The number of carboxylic acids is 1. The van der Waals surface area contributed by atoms with Crippen LogP contribution >= 0.6 is 0 Å². The Morgan fingerprint density at radius 1 is 1.32 bits per heavy atom. The van der Waals surface area contributed by atoms with Gasteiger partial charge in [-0.05, 0) is 12.0 Å². The van der Waals surface area contributed by atoms with Crippen LogP contribution < -0.4 is 5.32 Å². The minimum absolute atomic E-state index is 0.124. The predicted molar refractivity (Wildman–Crippen MR) is 66.0 cm³/mol. The van der Waals surface area contributed by atoms with Gasteiger partial charge in [-0.3, -0.25) is 4.79 Å². The lowest BCUT2D eigenvalue weighted by Crippen LogP contribution is -2.17. The van der Waals surface area contributed by atoms with Gasteiger partial charge < -0.3 is 10.4 Å². The summed E-state index contributed by atoms with van der Waals surface area (Å²) in [6, 6.07) is 1.23. The van der Waals surface area contributed by atoms with Gasteiger partial charge in [0.25, 0.3) is 0 Å². The van der Waals surface area contributed by atoms with Crippen molar-refractivity contribution in [3.8, 4) is 0 Å². The van der Waals surface area contributed by atoms with Crippen LogP contribution in [0.1, 0.15) is 37.0 Å². The molecule has 2 N–H and O–H groups in total. The summed E-state index contributed by atoms with van der Waals surface area (Å²) in [6.07, 6.45) is 0.978. The van der Waals surface area contributed by atoms with E-state index in [0.717, 1.165) is 6.42 Å². The first-order chi connectivity index (χ1) is 8.85. The molecule has 1 amide bonds. The summed E-state index contributed by atoms with van der Waals surface area (Å²) in [5, 5.41) is 11.2. The van der Waals surface area contributed by atoms with Crippen molar-refractivity contribution in [3.63, 3.8) is 0 Å². The van der Waals surface area contributed by atoms with Crippen LogP contribution in [0.5, 0.6) is 0 Å². The second-order valence-electron chi connectivity index (χ2n) is 4.38. The molecule has 0 heterocycles. The quantitative estimate of drug-likeness (QED) is 0.865. The molecule has 1 atom stereocenters. The van der Waals surface area contributed by atoms with Crippen molar-refractivity contribution < 1.29 is 23.5 Å². The molecule has 104 valence electrons. The number of halogens is 2. The van der Waals surface area contributed by atoms with Gasteiger partial charge in [-0.25, -0.2) is 13.6 Å². The summed E-state index contributed by atoms with van der Waals surface area (Å²) < 4.78 is 26.1. The zero-order chi connectivity index (χ0) is 14.6. The van der Waals surface area contributed by atoms with Gasteiger partial charge in [-0.2, -0.15) is 0 Å². The van der Waals surface area contributed by atoms with E-state index in [0.29, 0.717) is 12.1 Å². The highest BCUT2D eigenvalue weighted by Gasteiger charge is 2.17. The third kappa shape index (κ3) is 4.01. The minimum atomic E-state index is -1.43. The highest BCUT2D eigenvalue weighted by molar-refractivity contribution is 6.00. The molecule has 1 rings (SSSR count). The van der Waals surface area contributed by atoms with Crippen LogP contribution in [0, 0.1) is 17.6 Å². The number of carbonyl (C=O) groups excluding carboxylic acids is 1. The fourth-order valence-corrected chi connectivity index (χ4v) is 1.49. The van der Waals surface area contributed by atoms with Crippen LogP contribution in [0.4, 0.5) is 14.5 Å². The molecule has 0 radical (unpaired) electrons.